The van der Waals surface area contributed by atoms with Gasteiger partial charge in [0.05, 0.1) is 5.75 Å². The smallest absolute Gasteiger partial charge is 0.321 e. The van der Waals surface area contributed by atoms with Crippen molar-refractivity contribution in [3.63, 3.8) is 0 Å². The second-order valence-electron chi connectivity index (χ2n) is 4.76. The van der Waals surface area contributed by atoms with Crippen molar-refractivity contribution >= 4 is 35.1 Å². The van der Waals surface area contributed by atoms with E-state index in [4.69, 9.17) is 11.6 Å². The molecule has 0 amide bonds. The summed E-state index contributed by atoms with van der Waals surface area (Å²) in [7, 11) is 0. The summed E-state index contributed by atoms with van der Waals surface area (Å²) < 4.78 is 0. The molecule has 0 aromatic heterocycles. The van der Waals surface area contributed by atoms with Crippen molar-refractivity contribution in [3.8, 4) is 11.1 Å². The summed E-state index contributed by atoms with van der Waals surface area (Å²) in [6.45, 7) is 0. The molecule has 1 atom stereocenters. The van der Waals surface area contributed by atoms with Crippen LogP contribution in [0.2, 0.25) is 5.02 Å². The number of Topliss-reactive ketones (excluding diaryl/α,β-unsaturated/α-hetero) is 1. The summed E-state index contributed by atoms with van der Waals surface area (Å²) in [4.78, 5) is 23.3. The minimum Gasteiger partial charge on any atom is -0.480 e. The van der Waals surface area contributed by atoms with Crippen LogP contribution in [0.4, 0.5) is 0 Å². The van der Waals surface area contributed by atoms with Crippen LogP contribution >= 0.6 is 23.4 Å². The van der Waals surface area contributed by atoms with Gasteiger partial charge < -0.3 is 5.11 Å². The van der Waals surface area contributed by atoms with Crippen molar-refractivity contribution in [1.29, 1.82) is 0 Å². The predicted molar refractivity (Wildman–Crippen MR) is 84.1 cm³/mol. The lowest BCUT2D eigenvalue weighted by atomic mass is 9.95. The summed E-state index contributed by atoms with van der Waals surface area (Å²) in [5.41, 5.74) is 2.92. The lowest BCUT2D eigenvalue weighted by Crippen LogP contribution is -2.20. The quantitative estimate of drug-likeness (QED) is 0.907. The van der Waals surface area contributed by atoms with Gasteiger partial charge in [-0.2, -0.15) is 0 Å². The van der Waals surface area contributed by atoms with Crippen molar-refractivity contribution in [2.24, 2.45) is 0 Å². The van der Waals surface area contributed by atoms with E-state index in [9.17, 15) is 14.7 Å². The fourth-order valence-corrected chi connectivity index (χ4v) is 3.51. The molecule has 0 fully saturated rings. The van der Waals surface area contributed by atoms with Crippen molar-refractivity contribution in [3.05, 3.63) is 58.6 Å². The molecule has 0 spiro atoms. The molecule has 1 unspecified atom stereocenters. The summed E-state index contributed by atoms with van der Waals surface area (Å²) >= 11 is 7.03. The first-order chi connectivity index (χ1) is 10.1. The van der Waals surface area contributed by atoms with E-state index in [0.29, 0.717) is 16.1 Å². The van der Waals surface area contributed by atoms with Crippen LogP contribution in [0.25, 0.3) is 11.1 Å². The maximum atomic E-state index is 12.1. The number of fused-ring (bicyclic) bond motifs is 1. The van der Waals surface area contributed by atoms with Crippen LogP contribution in [0.3, 0.4) is 0 Å². The van der Waals surface area contributed by atoms with E-state index in [0.717, 1.165) is 22.9 Å². The Morgan fingerprint density at radius 1 is 1.14 bits per heavy atom. The van der Waals surface area contributed by atoms with Crippen LogP contribution in [0, 0.1) is 0 Å². The zero-order chi connectivity index (χ0) is 15.0. The zero-order valence-electron chi connectivity index (χ0n) is 10.9. The first-order valence-corrected chi connectivity index (χ1v) is 7.76. The molecule has 3 rings (SSSR count). The Morgan fingerprint density at radius 3 is 2.48 bits per heavy atom. The Hall–Kier alpha value is -1.78. The highest BCUT2D eigenvalue weighted by atomic mass is 35.5. The number of carboxylic acids is 1. The number of ketones is 1. The first kappa shape index (κ1) is 14.2. The van der Waals surface area contributed by atoms with Crippen LogP contribution in [0.5, 0.6) is 0 Å². The van der Waals surface area contributed by atoms with E-state index in [1.54, 1.807) is 24.3 Å². The Balaban J connectivity index is 2.08. The average Bonchev–Trinajstić information content (AvgIpc) is 2.48. The maximum absolute atomic E-state index is 12.1. The summed E-state index contributed by atoms with van der Waals surface area (Å²) in [6.07, 6.45) is 0. The average molecular weight is 319 g/mol. The van der Waals surface area contributed by atoms with Crippen molar-refractivity contribution in [1.82, 2.24) is 0 Å². The molecular formula is C16H11ClO3S. The number of carbonyl (C=O) groups is 2. The molecule has 1 aliphatic heterocycles. The molecule has 1 heterocycles. The van der Waals surface area contributed by atoms with Gasteiger partial charge in [0.15, 0.2) is 5.78 Å². The van der Waals surface area contributed by atoms with E-state index >= 15 is 0 Å². The van der Waals surface area contributed by atoms with Gasteiger partial charge in [0, 0.05) is 10.6 Å². The third kappa shape index (κ3) is 2.69. The highest BCUT2D eigenvalue weighted by Gasteiger charge is 2.31. The monoisotopic (exact) mass is 318 g/mol. The molecule has 0 bridgehead atoms. The summed E-state index contributed by atoms with van der Waals surface area (Å²) in [5, 5.41) is 9.22. The van der Waals surface area contributed by atoms with Gasteiger partial charge in [-0.15, -0.1) is 11.8 Å². The number of hydrogen-bond donors (Lipinski definition) is 1. The number of aliphatic carboxylic acids is 1. The Kier molecular flexibility index (Phi) is 3.74. The highest BCUT2D eigenvalue weighted by molar-refractivity contribution is 8.01. The highest BCUT2D eigenvalue weighted by Crippen LogP contribution is 2.38. The third-order valence-electron chi connectivity index (χ3n) is 3.42. The molecule has 5 heteroatoms. The van der Waals surface area contributed by atoms with Crippen LogP contribution in [-0.2, 0) is 4.79 Å². The van der Waals surface area contributed by atoms with Crippen molar-refractivity contribution in [2.45, 2.75) is 5.25 Å². The normalized spacial score (nSPS) is 17.4. The van der Waals surface area contributed by atoms with E-state index in [1.165, 1.54) is 0 Å². The standard InChI is InChI=1S/C16H11ClO3S/c17-11-4-1-9(2-5-11)10-3-6-12-13(7-10)14(18)8-21-15(12)16(19)20/h1-7,15H,8H2,(H,19,20). The van der Waals surface area contributed by atoms with Gasteiger partial charge in [0.25, 0.3) is 0 Å². The van der Waals surface area contributed by atoms with Crippen molar-refractivity contribution in [2.75, 3.05) is 5.75 Å². The molecule has 0 saturated heterocycles. The summed E-state index contributed by atoms with van der Waals surface area (Å²) in [6, 6.07) is 12.7. The number of halogens is 1. The molecular weight excluding hydrogens is 308 g/mol. The zero-order valence-corrected chi connectivity index (χ0v) is 12.4. The molecule has 106 valence electrons. The van der Waals surface area contributed by atoms with Crippen LogP contribution < -0.4 is 0 Å². The van der Waals surface area contributed by atoms with E-state index in [2.05, 4.69) is 0 Å². The van der Waals surface area contributed by atoms with Gasteiger partial charge in [-0.1, -0.05) is 35.9 Å². The fourth-order valence-electron chi connectivity index (χ4n) is 2.38. The van der Waals surface area contributed by atoms with Gasteiger partial charge in [0.2, 0.25) is 0 Å². The van der Waals surface area contributed by atoms with Crippen LogP contribution in [-0.4, -0.2) is 22.6 Å². The second kappa shape index (κ2) is 5.54. The minimum atomic E-state index is -0.909. The number of thioether (sulfide) groups is 1. The lowest BCUT2D eigenvalue weighted by molar-refractivity contribution is -0.136. The number of benzene rings is 2. The molecule has 3 nitrogen and oxygen atoms in total. The molecule has 1 aliphatic rings. The largest absolute Gasteiger partial charge is 0.480 e. The van der Waals surface area contributed by atoms with E-state index in [-0.39, 0.29) is 11.5 Å². The number of carboxylic acid groups (broad SMARTS) is 1. The minimum absolute atomic E-state index is 0.0247. The Morgan fingerprint density at radius 2 is 1.81 bits per heavy atom. The molecule has 0 radical (unpaired) electrons. The van der Waals surface area contributed by atoms with Crippen LogP contribution in [0.1, 0.15) is 21.2 Å². The number of hydrogen-bond acceptors (Lipinski definition) is 3. The number of carbonyl (C=O) groups excluding carboxylic acids is 1. The molecule has 0 saturated carbocycles. The van der Waals surface area contributed by atoms with E-state index in [1.807, 2.05) is 18.2 Å². The fraction of sp³-hybridized carbons (Fsp3) is 0.125. The molecule has 2 aromatic rings. The van der Waals surface area contributed by atoms with Gasteiger partial charge in [-0.3, -0.25) is 9.59 Å². The molecule has 1 N–H and O–H groups in total. The van der Waals surface area contributed by atoms with E-state index < -0.39 is 11.2 Å². The summed E-state index contributed by atoms with van der Waals surface area (Å²) in [5.74, 6) is -0.732. The predicted octanol–water partition coefficient (Wildman–Crippen LogP) is 4.06. The first-order valence-electron chi connectivity index (χ1n) is 6.34. The van der Waals surface area contributed by atoms with Gasteiger partial charge in [-0.25, -0.2) is 0 Å². The SMILES string of the molecule is O=C1CSC(C(=O)O)c2ccc(-c3ccc(Cl)cc3)cc21. The molecule has 2 aromatic carbocycles. The third-order valence-corrected chi connectivity index (χ3v) is 4.89. The van der Waals surface area contributed by atoms with Crippen molar-refractivity contribution < 1.29 is 14.7 Å². The maximum Gasteiger partial charge on any atom is 0.321 e. The Labute approximate surface area is 130 Å². The Bertz CT molecular complexity index is 725. The second-order valence-corrected chi connectivity index (χ2v) is 6.29. The van der Waals surface area contributed by atoms with Gasteiger partial charge >= 0.3 is 5.97 Å². The van der Waals surface area contributed by atoms with Crippen LogP contribution in [0.15, 0.2) is 42.5 Å². The molecule has 0 aliphatic carbocycles. The molecule has 21 heavy (non-hydrogen) atoms. The number of rotatable bonds is 2. The van der Waals surface area contributed by atoms with Gasteiger partial charge in [0.1, 0.15) is 5.25 Å². The lowest BCUT2D eigenvalue weighted by Gasteiger charge is -2.21. The topological polar surface area (TPSA) is 54.4 Å². The van der Waals surface area contributed by atoms with Gasteiger partial charge in [-0.05, 0) is 34.9 Å².